The summed E-state index contributed by atoms with van der Waals surface area (Å²) in [5.41, 5.74) is 2.26. The second-order valence-electron chi connectivity index (χ2n) is 3.33. The van der Waals surface area contributed by atoms with E-state index in [-0.39, 0.29) is 0 Å². The van der Waals surface area contributed by atoms with E-state index in [0.717, 1.165) is 11.5 Å². The Labute approximate surface area is 72.1 Å². The van der Waals surface area contributed by atoms with Crippen LogP contribution in [0.15, 0.2) is 11.9 Å². The lowest BCUT2D eigenvalue weighted by atomic mass is 10.2. The zero-order valence-electron chi connectivity index (χ0n) is 7.63. The van der Waals surface area contributed by atoms with Gasteiger partial charge in [0.2, 0.25) is 0 Å². The van der Waals surface area contributed by atoms with E-state index in [1.54, 1.807) is 0 Å². The highest BCUT2D eigenvalue weighted by atomic mass is 15.1. The molecule has 0 spiro atoms. The van der Waals surface area contributed by atoms with Gasteiger partial charge in [-0.3, -0.25) is 0 Å². The van der Waals surface area contributed by atoms with Crippen molar-refractivity contribution in [3.05, 3.63) is 23.4 Å². The molecule has 3 heteroatoms. The summed E-state index contributed by atoms with van der Waals surface area (Å²) in [5.74, 6) is 1.10. The van der Waals surface area contributed by atoms with Crippen molar-refractivity contribution in [2.45, 2.75) is 26.8 Å². The predicted molar refractivity (Wildman–Crippen MR) is 48.5 cm³/mol. The third-order valence-corrected chi connectivity index (χ3v) is 2.05. The number of imidazole rings is 1. The first-order valence-corrected chi connectivity index (χ1v) is 4.17. The molecule has 1 atom stereocenters. The fourth-order valence-electron chi connectivity index (χ4n) is 1.61. The Kier molecular flexibility index (Phi) is 1.46. The Balaban J connectivity index is 2.53. The molecule has 12 heavy (non-hydrogen) atoms. The van der Waals surface area contributed by atoms with E-state index >= 15 is 0 Å². The van der Waals surface area contributed by atoms with Gasteiger partial charge in [0.15, 0.2) is 0 Å². The van der Waals surface area contributed by atoms with Crippen LogP contribution in [0, 0.1) is 6.92 Å². The van der Waals surface area contributed by atoms with Crippen molar-refractivity contribution in [2.75, 3.05) is 0 Å². The quantitative estimate of drug-likeness (QED) is 0.630. The molecular formula is C9H13N3. The van der Waals surface area contributed by atoms with E-state index in [0.29, 0.717) is 6.04 Å². The highest BCUT2D eigenvalue weighted by molar-refractivity contribution is 5.35. The smallest absolute Gasteiger partial charge is 0.135 e. The number of hydrogen-bond acceptors (Lipinski definition) is 2. The second kappa shape index (κ2) is 2.37. The molecule has 0 amide bonds. The average molecular weight is 163 g/mol. The van der Waals surface area contributed by atoms with Gasteiger partial charge in [0.05, 0.1) is 11.7 Å². The highest BCUT2D eigenvalue weighted by Gasteiger charge is 2.16. The van der Waals surface area contributed by atoms with Gasteiger partial charge in [0, 0.05) is 18.1 Å². The first kappa shape index (κ1) is 7.40. The van der Waals surface area contributed by atoms with Crippen LogP contribution in [-0.4, -0.2) is 9.55 Å². The molecule has 0 aromatic carbocycles. The monoisotopic (exact) mass is 163 g/mol. The molecule has 0 fully saturated rings. The molecule has 1 aromatic heterocycles. The summed E-state index contributed by atoms with van der Waals surface area (Å²) in [7, 11) is 0. The topological polar surface area (TPSA) is 29.9 Å². The van der Waals surface area contributed by atoms with Crippen LogP contribution in [-0.2, 0) is 0 Å². The molecule has 1 aliphatic rings. The minimum Gasteiger partial charge on any atom is -0.378 e. The van der Waals surface area contributed by atoms with Gasteiger partial charge in [-0.2, -0.15) is 0 Å². The van der Waals surface area contributed by atoms with Crippen LogP contribution < -0.4 is 5.32 Å². The van der Waals surface area contributed by atoms with Gasteiger partial charge in [0.25, 0.3) is 0 Å². The number of fused-ring (bicyclic) bond motifs is 1. The Bertz CT molecular complexity index is 336. The molecule has 1 N–H and O–H groups in total. The molecule has 3 nitrogen and oxygen atoms in total. The summed E-state index contributed by atoms with van der Waals surface area (Å²) < 4.78 is 2.09. The van der Waals surface area contributed by atoms with Crippen molar-refractivity contribution >= 4 is 6.20 Å². The van der Waals surface area contributed by atoms with Crippen LogP contribution in [0.5, 0.6) is 0 Å². The highest BCUT2D eigenvalue weighted by Crippen LogP contribution is 2.18. The Hall–Kier alpha value is -1.25. The largest absolute Gasteiger partial charge is 0.378 e. The first-order valence-electron chi connectivity index (χ1n) is 4.17. The van der Waals surface area contributed by atoms with Gasteiger partial charge in [-0.15, -0.1) is 0 Å². The minimum absolute atomic E-state index is 0.323. The summed E-state index contributed by atoms with van der Waals surface area (Å²) in [4.78, 5) is 4.42. The van der Waals surface area contributed by atoms with Gasteiger partial charge >= 0.3 is 0 Å². The van der Waals surface area contributed by atoms with Gasteiger partial charge in [-0.1, -0.05) is 0 Å². The average Bonchev–Trinajstić information content (AvgIpc) is 2.29. The van der Waals surface area contributed by atoms with Crippen molar-refractivity contribution in [1.82, 2.24) is 14.9 Å². The SMILES string of the molecule is CC1=Cn2cc(C)nc2C(C)N1. The van der Waals surface area contributed by atoms with Crippen molar-refractivity contribution in [2.24, 2.45) is 0 Å². The number of nitrogens with zero attached hydrogens (tertiary/aromatic N) is 2. The molecule has 0 bridgehead atoms. The maximum absolute atomic E-state index is 4.42. The van der Waals surface area contributed by atoms with E-state index in [2.05, 4.69) is 41.1 Å². The Morgan fingerprint density at radius 1 is 1.50 bits per heavy atom. The maximum atomic E-state index is 4.42. The predicted octanol–water partition coefficient (Wildman–Crippen LogP) is 1.67. The third-order valence-electron chi connectivity index (χ3n) is 2.05. The number of rotatable bonds is 0. The Morgan fingerprint density at radius 2 is 2.25 bits per heavy atom. The van der Waals surface area contributed by atoms with Gasteiger partial charge in [0.1, 0.15) is 5.82 Å². The van der Waals surface area contributed by atoms with Crippen LogP contribution in [0.3, 0.4) is 0 Å². The van der Waals surface area contributed by atoms with Gasteiger partial charge in [-0.25, -0.2) is 4.98 Å². The molecule has 1 aliphatic heterocycles. The summed E-state index contributed by atoms with van der Waals surface area (Å²) in [6.07, 6.45) is 4.12. The first-order chi connectivity index (χ1) is 5.66. The lowest BCUT2D eigenvalue weighted by molar-refractivity contribution is 0.588. The molecular weight excluding hydrogens is 150 g/mol. The summed E-state index contributed by atoms with van der Waals surface area (Å²) in [6, 6.07) is 0.323. The van der Waals surface area contributed by atoms with Gasteiger partial charge in [-0.05, 0) is 20.8 Å². The second-order valence-corrected chi connectivity index (χ2v) is 3.33. The summed E-state index contributed by atoms with van der Waals surface area (Å²) in [5, 5.41) is 3.33. The molecule has 2 rings (SSSR count). The fourth-order valence-corrected chi connectivity index (χ4v) is 1.61. The van der Waals surface area contributed by atoms with Crippen molar-refractivity contribution in [1.29, 1.82) is 0 Å². The van der Waals surface area contributed by atoms with Crippen LogP contribution in [0.1, 0.15) is 31.4 Å². The minimum atomic E-state index is 0.323. The lowest BCUT2D eigenvalue weighted by Gasteiger charge is -2.20. The molecule has 64 valence electrons. The third kappa shape index (κ3) is 1.02. The van der Waals surface area contributed by atoms with Crippen LogP contribution in [0.4, 0.5) is 0 Å². The Morgan fingerprint density at radius 3 is 3.00 bits per heavy atom. The molecule has 0 saturated carbocycles. The van der Waals surface area contributed by atoms with Crippen molar-refractivity contribution in [3.8, 4) is 0 Å². The van der Waals surface area contributed by atoms with Gasteiger partial charge < -0.3 is 9.88 Å². The number of hydrogen-bond donors (Lipinski definition) is 1. The fraction of sp³-hybridized carbons (Fsp3) is 0.444. The van der Waals surface area contributed by atoms with Crippen molar-refractivity contribution in [3.63, 3.8) is 0 Å². The molecule has 1 aromatic rings. The van der Waals surface area contributed by atoms with Crippen LogP contribution >= 0.6 is 0 Å². The maximum Gasteiger partial charge on any atom is 0.135 e. The zero-order chi connectivity index (χ0) is 8.72. The molecule has 2 heterocycles. The van der Waals surface area contributed by atoms with E-state index in [4.69, 9.17) is 0 Å². The van der Waals surface area contributed by atoms with Crippen LogP contribution in [0.25, 0.3) is 6.20 Å². The summed E-state index contributed by atoms with van der Waals surface area (Å²) in [6.45, 7) is 6.20. The number of aryl methyl sites for hydroxylation is 1. The van der Waals surface area contributed by atoms with Crippen molar-refractivity contribution < 1.29 is 0 Å². The standard InChI is InChI=1S/C9H13N3/c1-6-4-12-5-7(2)11-9(12)8(3)10-6/h4-5,8,10H,1-3H3. The molecule has 0 radical (unpaired) electrons. The normalized spacial score (nSPS) is 21.2. The number of aromatic nitrogens is 2. The lowest BCUT2D eigenvalue weighted by Crippen LogP contribution is -2.23. The molecule has 0 saturated heterocycles. The van der Waals surface area contributed by atoms with Crippen LogP contribution in [0.2, 0.25) is 0 Å². The van der Waals surface area contributed by atoms with E-state index < -0.39 is 0 Å². The number of allylic oxidation sites excluding steroid dienone is 1. The van der Waals surface area contributed by atoms with E-state index in [1.807, 2.05) is 6.92 Å². The molecule has 0 aliphatic carbocycles. The van der Waals surface area contributed by atoms with E-state index in [9.17, 15) is 0 Å². The zero-order valence-corrected chi connectivity index (χ0v) is 7.63. The number of nitrogens with one attached hydrogen (secondary N) is 1. The summed E-state index contributed by atoms with van der Waals surface area (Å²) >= 11 is 0. The van der Waals surface area contributed by atoms with E-state index in [1.165, 1.54) is 5.70 Å². The molecule has 1 unspecified atom stereocenters.